The third-order valence-corrected chi connectivity index (χ3v) is 9.51. The molecule has 0 bridgehead atoms. The standard InChI is InChI=1S/C59H88O5/c1-3-5-7-9-11-13-15-17-19-20-21-22-23-24-25-26-27-28-29-30-31-32-33-34-35-36-37-38-40-42-44-46-48-50-52-54-59(62)64-57(55-60)56-63-58(61)53-51-49-47-45-43-41-39-18-16-14-12-10-8-6-4-2/h5-8,11-14,17-19,21-22,24-25,27-28,30-31,33-34,36-37,39-40,42-43,45,57,60H,3-4,9-10,15-16,20,23,26,29,32,35,38,41,44,46-56H2,1-2H3/b7-5-,8-6-,13-11-,14-12-,19-17-,22-21-,25-24-,28-27-,31-30-,34-33-,37-36-,39-18-,42-40-,45-43-. The van der Waals surface area contributed by atoms with E-state index in [1.165, 1.54) is 0 Å². The quantitative estimate of drug-likeness (QED) is 0.0376. The van der Waals surface area contributed by atoms with Crippen molar-refractivity contribution in [3.63, 3.8) is 0 Å². The molecule has 0 aliphatic rings. The maximum atomic E-state index is 12.2. The summed E-state index contributed by atoms with van der Waals surface area (Å²) in [5, 5.41) is 9.59. The lowest BCUT2D eigenvalue weighted by molar-refractivity contribution is -0.161. The molecule has 0 amide bonds. The smallest absolute Gasteiger partial charge is 0.306 e. The molecule has 0 spiro atoms. The van der Waals surface area contributed by atoms with Gasteiger partial charge in [0.2, 0.25) is 0 Å². The fourth-order valence-corrected chi connectivity index (χ4v) is 5.86. The lowest BCUT2D eigenvalue weighted by atomic mass is 10.1. The Balaban J connectivity index is 3.73. The van der Waals surface area contributed by atoms with E-state index >= 15 is 0 Å². The van der Waals surface area contributed by atoms with Crippen LogP contribution in [0, 0.1) is 0 Å². The molecule has 0 aliphatic heterocycles. The van der Waals surface area contributed by atoms with Crippen LogP contribution in [0.25, 0.3) is 0 Å². The number of carbonyl (C=O) groups excluding carboxylic acids is 2. The van der Waals surface area contributed by atoms with Crippen LogP contribution in [0.3, 0.4) is 0 Å². The number of ether oxygens (including phenoxy) is 2. The highest BCUT2D eigenvalue weighted by molar-refractivity contribution is 5.70. The average molecular weight is 877 g/mol. The van der Waals surface area contributed by atoms with Gasteiger partial charge in [-0.1, -0.05) is 197 Å². The van der Waals surface area contributed by atoms with Crippen LogP contribution in [0.2, 0.25) is 0 Å². The number of unbranched alkanes of at least 4 members (excludes halogenated alkanes) is 6. The molecular formula is C59H88O5. The number of carbonyl (C=O) groups is 2. The molecule has 5 heteroatoms. The number of esters is 2. The third-order valence-electron chi connectivity index (χ3n) is 9.51. The molecule has 0 fully saturated rings. The Kier molecular flexibility index (Phi) is 48.7. The Labute approximate surface area is 392 Å². The van der Waals surface area contributed by atoms with Crippen LogP contribution in [-0.4, -0.2) is 36.4 Å². The van der Waals surface area contributed by atoms with E-state index in [0.29, 0.717) is 12.8 Å². The van der Waals surface area contributed by atoms with E-state index in [0.717, 1.165) is 141 Å². The van der Waals surface area contributed by atoms with Crippen LogP contribution in [-0.2, 0) is 19.1 Å². The molecule has 0 radical (unpaired) electrons. The zero-order valence-electron chi connectivity index (χ0n) is 40.2. The molecule has 0 heterocycles. The molecule has 0 saturated carbocycles. The van der Waals surface area contributed by atoms with Gasteiger partial charge >= 0.3 is 11.9 Å². The van der Waals surface area contributed by atoms with E-state index in [2.05, 4.69) is 184 Å². The lowest BCUT2D eigenvalue weighted by Crippen LogP contribution is -2.28. The van der Waals surface area contributed by atoms with E-state index < -0.39 is 6.10 Å². The fourth-order valence-electron chi connectivity index (χ4n) is 5.86. The first-order chi connectivity index (χ1) is 31.6. The summed E-state index contributed by atoms with van der Waals surface area (Å²) in [6, 6.07) is 0. The first-order valence-corrected chi connectivity index (χ1v) is 24.7. The minimum Gasteiger partial charge on any atom is -0.462 e. The Morgan fingerprint density at radius 1 is 0.359 bits per heavy atom. The molecule has 1 unspecified atom stereocenters. The molecule has 1 atom stereocenters. The third kappa shape index (κ3) is 49.9. The van der Waals surface area contributed by atoms with E-state index in [9.17, 15) is 14.7 Å². The van der Waals surface area contributed by atoms with Crippen LogP contribution >= 0.6 is 0 Å². The maximum absolute atomic E-state index is 12.2. The van der Waals surface area contributed by atoms with Gasteiger partial charge in [-0.2, -0.15) is 0 Å². The van der Waals surface area contributed by atoms with Crippen LogP contribution < -0.4 is 0 Å². The molecule has 0 saturated heterocycles. The van der Waals surface area contributed by atoms with E-state index in [1.807, 2.05) is 0 Å². The van der Waals surface area contributed by atoms with Crippen LogP contribution in [0.4, 0.5) is 0 Å². The first kappa shape index (κ1) is 59.3. The second kappa shape index (κ2) is 52.6. The van der Waals surface area contributed by atoms with Crippen molar-refractivity contribution in [2.75, 3.05) is 13.2 Å². The van der Waals surface area contributed by atoms with Crippen molar-refractivity contribution in [3.05, 3.63) is 170 Å². The zero-order chi connectivity index (χ0) is 46.3. The molecule has 0 aromatic carbocycles. The number of aliphatic hydroxyl groups excluding tert-OH is 1. The number of hydrogen-bond donors (Lipinski definition) is 1. The summed E-state index contributed by atoms with van der Waals surface area (Å²) in [6.07, 6.45) is 83.0. The van der Waals surface area contributed by atoms with Gasteiger partial charge in [-0.25, -0.2) is 0 Å². The van der Waals surface area contributed by atoms with Crippen LogP contribution in [0.1, 0.15) is 168 Å². The summed E-state index contributed by atoms with van der Waals surface area (Å²) in [5.74, 6) is -0.687. The monoisotopic (exact) mass is 877 g/mol. The fraction of sp³-hybridized carbons (Fsp3) is 0.492. The van der Waals surface area contributed by atoms with Gasteiger partial charge in [0, 0.05) is 12.8 Å². The molecule has 0 aromatic heterocycles. The van der Waals surface area contributed by atoms with Gasteiger partial charge in [0.05, 0.1) is 6.61 Å². The van der Waals surface area contributed by atoms with Crippen molar-refractivity contribution in [3.8, 4) is 0 Å². The van der Waals surface area contributed by atoms with Gasteiger partial charge in [-0.05, 0) is 128 Å². The molecule has 64 heavy (non-hydrogen) atoms. The molecule has 1 N–H and O–H groups in total. The van der Waals surface area contributed by atoms with Crippen molar-refractivity contribution < 1.29 is 24.2 Å². The predicted molar refractivity (Wildman–Crippen MR) is 278 cm³/mol. The summed E-state index contributed by atoms with van der Waals surface area (Å²) in [5.41, 5.74) is 0. The topological polar surface area (TPSA) is 72.8 Å². The normalized spacial score (nSPS) is 13.7. The van der Waals surface area contributed by atoms with Crippen molar-refractivity contribution in [2.24, 2.45) is 0 Å². The first-order valence-electron chi connectivity index (χ1n) is 24.7. The highest BCUT2D eigenvalue weighted by Gasteiger charge is 2.16. The number of rotatable bonds is 42. The molecule has 0 aliphatic carbocycles. The van der Waals surface area contributed by atoms with Gasteiger partial charge < -0.3 is 14.6 Å². The largest absolute Gasteiger partial charge is 0.462 e. The van der Waals surface area contributed by atoms with E-state index in [1.54, 1.807) is 0 Å². The van der Waals surface area contributed by atoms with Gasteiger partial charge in [0.1, 0.15) is 6.61 Å². The molecule has 354 valence electrons. The minimum atomic E-state index is -0.816. The van der Waals surface area contributed by atoms with Crippen molar-refractivity contribution >= 4 is 11.9 Å². The summed E-state index contributed by atoms with van der Waals surface area (Å²) < 4.78 is 10.6. The highest BCUT2D eigenvalue weighted by Crippen LogP contribution is 2.09. The van der Waals surface area contributed by atoms with Gasteiger partial charge in [-0.3, -0.25) is 9.59 Å². The number of aliphatic hydroxyl groups is 1. The Morgan fingerprint density at radius 3 is 0.953 bits per heavy atom. The summed E-state index contributed by atoms with van der Waals surface area (Å²) in [7, 11) is 0. The second-order valence-electron chi connectivity index (χ2n) is 15.4. The SMILES string of the molecule is CC/C=C\C/C=C\C/C=C\C/C=C\C/C=C\C/C=C\C/C=C\C/C=C\C/C=C\C/C=C\CCCCCCC(=O)OC(CO)COC(=O)CCCC/C=C\C/C=C\C/C=C\C/C=C\CC. The van der Waals surface area contributed by atoms with E-state index in [-0.39, 0.29) is 25.2 Å². The lowest BCUT2D eigenvalue weighted by Gasteiger charge is -2.15. The average Bonchev–Trinajstić information content (AvgIpc) is 3.30. The summed E-state index contributed by atoms with van der Waals surface area (Å²) in [6.45, 7) is 3.82. The molecule has 0 rings (SSSR count). The highest BCUT2D eigenvalue weighted by atomic mass is 16.6. The summed E-state index contributed by atoms with van der Waals surface area (Å²) in [4.78, 5) is 24.4. The van der Waals surface area contributed by atoms with Crippen molar-refractivity contribution in [1.29, 1.82) is 0 Å². The number of allylic oxidation sites excluding steroid dienone is 28. The van der Waals surface area contributed by atoms with E-state index in [4.69, 9.17) is 9.47 Å². The molecule has 5 nitrogen and oxygen atoms in total. The Morgan fingerprint density at radius 2 is 0.625 bits per heavy atom. The Hall–Kier alpha value is -4.74. The van der Waals surface area contributed by atoms with Gasteiger partial charge in [0.25, 0.3) is 0 Å². The van der Waals surface area contributed by atoms with Crippen LogP contribution in [0.5, 0.6) is 0 Å². The molecular weight excluding hydrogens is 789 g/mol. The maximum Gasteiger partial charge on any atom is 0.306 e. The number of hydrogen-bond acceptors (Lipinski definition) is 5. The molecule has 0 aromatic rings. The van der Waals surface area contributed by atoms with Crippen molar-refractivity contribution in [1.82, 2.24) is 0 Å². The van der Waals surface area contributed by atoms with Crippen molar-refractivity contribution in [2.45, 2.75) is 174 Å². The van der Waals surface area contributed by atoms with Crippen LogP contribution in [0.15, 0.2) is 170 Å². The Bertz CT molecular complexity index is 1500. The minimum absolute atomic E-state index is 0.111. The zero-order valence-corrected chi connectivity index (χ0v) is 40.2. The van der Waals surface area contributed by atoms with Gasteiger partial charge in [-0.15, -0.1) is 0 Å². The van der Waals surface area contributed by atoms with Gasteiger partial charge in [0.15, 0.2) is 6.10 Å². The predicted octanol–water partition coefficient (Wildman–Crippen LogP) is 16.6. The second-order valence-corrected chi connectivity index (χ2v) is 15.4. The summed E-state index contributed by atoms with van der Waals surface area (Å²) >= 11 is 0.